The average molecular weight is 675 g/mol. The van der Waals surface area contributed by atoms with Crippen molar-refractivity contribution < 1.29 is 23.9 Å². The van der Waals surface area contributed by atoms with Gasteiger partial charge in [-0.2, -0.15) is 0 Å². The van der Waals surface area contributed by atoms with Gasteiger partial charge in [-0.3, -0.25) is 9.59 Å². The number of piperidine rings is 2. The molecule has 3 aromatic carbocycles. The normalized spacial score (nSPS) is 22.7. The third kappa shape index (κ3) is 6.39. The molecule has 3 heterocycles. The van der Waals surface area contributed by atoms with E-state index in [-0.39, 0.29) is 30.2 Å². The number of carbonyl (C=O) groups is 3. The maximum Gasteiger partial charge on any atom is 0.410 e. The van der Waals surface area contributed by atoms with Crippen molar-refractivity contribution in [1.82, 2.24) is 10.2 Å². The zero-order valence-corrected chi connectivity index (χ0v) is 28.1. The molecule has 0 bridgehead atoms. The second-order valence-corrected chi connectivity index (χ2v) is 14.3. The van der Waals surface area contributed by atoms with Crippen LogP contribution in [0.25, 0.3) is 0 Å². The lowest BCUT2D eigenvalue weighted by atomic mass is 9.59. The molecule has 3 aromatic rings. The highest BCUT2D eigenvalue weighted by atomic mass is 35.5. The number of hydrogen-bond donors (Lipinski definition) is 2. The quantitative estimate of drug-likeness (QED) is 0.279. The number of terminal acetylenes is 1. The van der Waals surface area contributed by atoms with Gasteiger partial charge in [-0.05, 0) is 93.1 Å². The Balaban J connectivity index is 1.37. The topological polar surface area (TPSA) is 97.0 Å². The molecule has 0 unspecified atom stereocenters. The number of carbonyl (C=O) groups excluding carboxylic acids is 3. The standard InChI is InChI=1S/C37H37Cl2N3O5/c1-5-22-9-12-31(46-21-23-13-15-42(16-14-23)35(45)47-36(2,3)4)27(17-22)33-37(28-11-10-26(39)19-30(28)40-34(37)44)29(20-32(43)41-33)24-7-6-8-25(38)18-24/h1,6-12,17-19,23,29,33H,13-16,20-21H2,2-4H3,(H,40,44)(H,41,43)/t29-,33+,37-/m0/s1. The summed E-state index contributed by atoms with van der Waals surface area (Å²) in [7, 11) is 0. The van der Waals surface area contributed by atoms with E-state index in [1.807, 2.05) is 51.1 Å². The van der Waals surface area contributed by atoms with Crippen LogP contribution >= 0.6 is 23.2 Å². The summed E-state index contributed by atoms with van der Waals surface area (Å²) in [5, 5.41) is 7.20. The van der Waals surface area contributed by atoms with E-state index in [4.69, 9.17) is 39.1 Å². The fourth-order valence-corrected chi connectivity index (χ4v) is 7.45. The Morgan fingerprint density at radius 3 is 2.49 bits per heavy atom. The largest absolute Gasteiger partial charge is 0.493 e. The lowest BCUT2D eigenvalue weighted by molar-refractivity contribution is -0.131. The van der Waals surface area contributed by atoms with Crippen LogP contribution in [0.2, 0.25) is 10.0 Å². The van der Waals surface area contributed by atoms with Crippen molar-refractivity contribution in [3.8, 4) is 18.1 Å². The summed E-state index contributed by atoms with van der Waals surface area (Å²) in [5.74, 6) is 2.35. The average Bonchev–Trinajstić information content (AvgIpc) is 3.31. The summed E-state index contributed by atoms with van der Waals surface area (Å²) in [6.45, 7) is 7.08. The van der Waals surface area contributed by atoms with Crippen LogP contribution in [0.5, 0.6) is 5.75 Å². The van der Waals surface area contributed by atoms with Gasteiger partial charge >= 0.3 is 6.09 Å². The number of rotatable bonds is 5. The fourth-order valence-electron chi connectivity index (χ4n) is 7.08. The van der Waals surface area contributed by atoms with Crippen LogP contribution < -0.4 is 15.4 Å². The number of nitrogens with zero attached hydrogens (tertiary/aromatic N) is 1. The van der Waals surface area contributed by atoms with Crippen molar-refractivity contribution in [3.63, 3.8) is 0 Å². The Morgan fingerprint density at radius 2 is 1.79 bits per heavy atom. The molecule has 244 valence electrons. The molecule has 2 saturated heterocycles. The van der Waals surface area contributed by atoms with Gasteiger partial charge in [-0.15, -0.1) is 6.42 Å². The van der Waals surface area contributed by atoms with Gasteiger partial charge in [-0.1, -0.05) is 47.3 Å². The smallest absolute Gasteiger partial charge is 0.410 e. The van der Waals surface area contributed by atoms with E-state index in [1.54, 1.807) is 35.2 Å². The molecule has 6 rings (SSSR count). The van der Waals surface area contributed by atoms with Crippen LogP contribution in [0.4, 0.5) is 10.5 Å². The first-order chi connectivity index (χ1) is 22.4. The number of likely N-dealkylation sites (tertiary alicyclic amines) is 1. The molecule has 0 saturated carbocycles. The van der Waals surface area contributed by atoms with E-state index < -0.39 is 23.0 Å². The Labute approximate surface area is 285 Å². The molecule has 10 heteroatoms. The zero-order chi connectivity index (χ0) is 33.5. The summed E-state index contributed by atoms with van der Waals surface area (Å²) in [5.41, 5.74) is 1.42. The molecule has 2 N–H and O–H groups in total. The number of ether oxygens (including phenoxy) is 2. The van der Waals surface area contributed by atoms with E-state index in [0.29, 0.717) is 57.9 Å². The third-order valence-corrected chi connectivity index (χ3v) is 9.70. The molecule has 3 aliphatic heterocycles. The maximum atomic E-state index is 14.5. The van der Waals surface area contributed by atoms with Crippen LogP contribution in [0.3, 0.4) is 0 Å². The molecule has 3 atom stereocenters. The van der Waals surface area contributed by atoms with Gasteiger partial charge in [-0.25, -0.2) is 4.79 Å². The van der Waals surface area contributed by atoms with Gasteiger partial charge in [0, 0.05) is 52.3 Å². The van der Waals surface area contributed by atoms with Crippen molar-refractivity contribution >= 4 is 46.8 Å². The molecule has 47 heavy (non-hydrogen) atoms. The maximum absolute atomic E-state index is 14.5. The summed E-state index contributed by atoms with van der Waals surface area (Å²) >= 11 is 12.8. The first-order valence-corrected chi connectivity index (χ1v) is 16.5. The van der Waals surface area contributed by atoms with Crippen LogP contribution in [-0.4, -0.2) is 48.1 Å². The number of fused-ring (bicyclic) bond motifs is 2. The highest BCUT2D eigenvalue weighted by molar-refractivity contribution is 6.31. The van der Waals surface area contributed by atoms with E-state index in [2.05, 4.69) is 16.6 Å². The SMILES string of the molecule is C#Cc1ccc(OCC2CCN(C(=O)OC(C)(C)C)CC2)c([C@H]2NC(=O)C[C@@H](c3cccc(Cl)c3)[C@]23C(=O)Nc2cc(Cl)ccc23)c1. The summed E-state index contributed by atoms with van der Waals surface area (Å²) < 4.78 is 12.1. The Kier molecular flexibility index (Phi) is 8.90. The monoisotopic (exact) mass is 673 g/mol. The highest BCUT2D eigenvalue weighted by Crippen LogP contribution is 2.58. The molecule has 0 radical (unpaired) electrons. The Hall–Kier alpha value is -4.19. The Morgan fingerprint density at radius 1 is 1.04 bits per heavy atom. The van der Waals surface area contributed by atoms with Crippen LogP contribution in [-0.2, 0) is 19.7 Å². The molecular formula is C37H37Cl2N3O5. The summed E-state index contributed by atoms with van der Waals surface area (Å²) in [6, 6.07) is 17.2. The molecular weight excluding hydrogens is 637 g/mol. The van der Waals surface area contributed by atoms with Crippen molar-refractivity contribution in [2.24, 2.45) is 5.92 Å². The van der Waals surface area contributed by atoms with Gasteiger partial charge in [0.25, 0.3) is 0 Å². The predicted molar refractivity (Wildman–Crippen MR) is 182 cm³/mol. The number of amides is 3. The second-order valence-electron chi connectivity index (χ2n) is 13.4. The minimum Gasteiger partial charge on any atom is -0.493 e. The van der Waals surface area contributed by atoms with Crippen LogP contribution in [0.1, 0.15) is 74.2 Å². The number of benzene rings is 3. The van der Waals surface area contributed by atoms with Gasteiger partial charge in [0.15, 0.2) is 0 Å². The summed E-state index contributed by atoms with van der Waals surface area (Å²) in [6.07, 6.45) is 7.10. The molecule has 8 nitrogen and oxygen atoms in total. The van der Waals surface area contributed by atoms with E-state index >= 15 is 0 Å². The van der Waals surface area contributed by atoms with E-state index in [0.717, 1.165) is 18.4 Å². The molecule has 1 spiro atoms. The Bertz CT molecular complexity index is 1770. The zero-order valence-electron chi connectivity index (χ0n) is 26.6. The van der Waals surface area contributed by atoms with Gasteiger partial charge in [0.2, 0.25) is 11.8 Å². The number of nitrogens with one attached hydrogen (secondary N) is 2. The van der Waals surface area contributed by atoms with Crippen LogP contribution in [0, 0.1) is 18.3 Å². The third-order valence-electron chi connectivity index (χ3n) is 9.23. The molecule has 3 aliphatic rings. The molecule has 0 aromatic heterocycles. The highest BCUT2D eigenvalue weighted by Gasteiger charge is 2.61. The molecule has 3 amide bonds. The van der Waals surface area contributed by atoms with Crippen molar-refractivity contribution in [1.29, 1.82) is 0 Å². The van der Waals surface area contributed by atoms with Crippen molar-refractivity contribution in [2.45, 2.75) is 63.0 Å². The predicted octanol–water partition coefficient (Wildman–Crippen LogP) is 7.24. The number of anilines is 1. The summed E-state index contributed by atoms with van der Waals surface area (Å²) in [4.78, 5) is 42.3. The van der Waals surface area contributed by atoms with Gasteiger partial charge in [0.1, 0.15) is 16.8 Å². The lowest BCUT2D eigenvalue weighted by Crippen LogP contribution is -2.57. The van der Waals surface area contributed by atoms with Crippen molar-refractivity contribution in [2.75, 3.05) is 25.0 Å². The van der Waals surface area contributed by atoms with Gasteiger partial charge in [0.05, 0.1) is 12.6 Å². The van der Waals surface area contributed by atoms with Crippen LogP contribution in [0.15, 0.2) is 60.7 Å². The second kappa shape index (κ2) is 12.8. The fraction of sp³-hybridized carbons (Fsp3) is 0.378. The first kappa shape index (κ1) is 32.7. The van der Waals surface area contributed by atoms with Crippen molar-refractivity contribution in [3.05, 3.63) is 93.0 Å². The minimum atomic E-state index is -1.28. The molecule has 0 aliphatic carbocycles. The minimum absolute atomic E-state index is 0.0631. The number of halogens is 2. The van der Waals surface area contributed by atoms with E-state index in [9.17, 15) is 14.4 Å². The molecule has 2 fully saturated rings. The van der Waals surface area contributed by atoms with Gasteiger partial charge < -0.3 is 25.0 Å². The van der Waals surface area contributed by atoms with E-state index in [1.165, 1.54) is 0 Å². The number of hydrogen-bond acceptors (Lipinski definition) is 5. The first-order valence-electron chi connectivity index (χ1n) is 15.8. The lowest BCUT2D eigenvalue weighted by Gasteiger charge is -2.46.